The Morgan fingerprint density at radius 3 is 2.21 bits per heavy atom. The van der Waals surface area contributed by atoms with Gasteiger partial charge in [0.05, 0.1) is 0 Å². The quantitative estimate of drug-likeness (QED) is 0.901. The van der Waals surface area contributed by atoms with Gasteiger partial charge < -0.3 is 9.52 Å². The lowest BCUT2D eigenvalue weighted by atomic mass is 9.87. The van der Waals surface area contributed by atoms with Crippen LogP contribution in [0.5, 0.6) is 0 Å². The Labute approximate surface area is 116 Å². The summed E-state index contributed by atoms with van der Waals surface area (Å²) in [6, 6.07) is 11.4. The van der Waals surface area contributed by atoms with Crippen molar-refractivity contribution >= 4 is 17.7 Å². The summed E-state index contributed by atoms with van der Waals surface area (Å²) in [4.78, 5) is 11.7. The molecule has 19 heavy (non-hydrogen) atoms. The number of rotatable bonds is 3. The lowest BCUT2D eigenvalue weighted by molar-refractivity contribution is 0.0656. The minimum absolute atomic E-state index is 0.0335. The van der Waals surface area contributed by atoms with Crippen molar-refractivity contribution in [3.05, 3.63) is 47.7 Å². The van der Waals surface area contributed by atoms with Crippen molar-refractivity contribution in [2.75, 3.05) is 0 Å². The molecule has 0 unspecified atom stereocenters. The molecular formula is C15H16O3S. The second-order valence-corrected chi connectivity index (χ2v) is 6.38. The molecule has 0 bridgehead atoms. The maximum atomic E-state index is 10.7. The van der Waals surface area contributed by atoms with E-state index in [1.165, 1.54) is 23.4 Å². The number of carbonyl (C=O) groups is 1. The molecule has 0 saturated heterocycles. The molecule has 1 aromatic heterocycles. The monoisotopic (exact) mass is 276 g/mol. The molecule has 0 radical (unpaired) electrons. The Hall–Kier alpha value is -1.68. The molecule has 0 amide bonds. The van der Waals surface area contributed by atoms with Gasteiger partial charge in [-0.3, -0.25) is 0 Å². The summed E-state index contributed by atoms with van der Waals surface area (Å²) < 4.78 is 5.21. The van der Waals surface area contributed by atoms with Crippen LogP contribution in [-0.2, 0) is 5.41 Å². The fraction of sp³-hybridized carbons (Fsp3) is 0.267. The Kier molecular flexibility index (Phi) is 3.71. The minimum atomic E-state index is -1.05. The SMILES string of the molecule is CC(C)(C)c1ccc(Sc2ccc(C(=O)O)o2)cc1. The van der Waals surface area contributed by atoms with Gasteiger partial charge in [-0.2, -0.15) is 0 Å². The van der Waals surface area contributed by atoms with Gasteiger partial charge >= 0.3 is 5.97 Å². The van der Waals surface area contributed by atoms with Crippen molar-refractivity contribution in [1.29, 1.82) is 0 Å². The Morgan fingerprint density at radius 1 is 1.11 bits per heavy atom. The van der Waals surface area contributed by atoms with Gasteiger partial charge in [-0.05, 0) is 35.2 Å². The summed E-state index contributed by atoms with van der Waals surface area (Å²) in [7, 11) is 0. The fourth-order valence-corrected chi connectivity index (χ4v) is 2.40. The fourth-order valence-electron chi connectivity index (χ4n) is 1.63. The number of carboxylic acids is 1. The third-order valence-electron chi connectivity index (χ3n) is 2.73. The molecule has 100 valence electrons. The predicted molar refractivity (Wildman–Crippen MR) is 74.9 cm³/mol. The molecule has 3 nitrogen and oxygen atoms in total. The van der Waals surface area contributed by atoms with Gasteiger partial charge in [0, 0.05) is 4.90 Å². The first kappa shape index (κ1) is 13.7. The second-order valence-electron chi connectivity index (χ2n) is 5.30. The molecule has 0 fully saturated rings. The van der Waals surface area contributed by atoms with E-state index in [0.717, 1.165) is 4.90 Å². The highest BCUT2D eigenvalue weighted by Gasteiger charge is 2.14. The maximum absolute atomic E-state index is 10.7. The van der Waals surface area contributed by atoms with Gasteiger partial charge in [0.25, 0.3) is 0 Å². The highest BCUT2D eigenvalue weighted by Crippen LogP contribution is 2.31. The van der Waals surface area contributed by atoms with Crippen LogP contribution in [0.4, 0.5) is 0 Å². The van der Waals surface area contributed by atoms with Crippen LogP contribution in [0, 0.1) is 0 Å². The second kappa shape index (κ2) is 5.13. The zero-order valence-corrected chi connectivity index (χ0v) is 12.0. The summed E-state index contributed by atoms with van der Waals surface area (Å²) in [6.45, 7) is 6.50. The highest BCUT2D eigenvalue weighted by molar-refractivity contribution is 7.99. The van der Waals surface area contributed by atoms with E-state index in [-0.39, 0.29) is 11.2 Å². The average Bonchev–Trinajstić information content (AvgIpc) is 2.77. The van der Waals surface area contributed by atoms with Crippen LogP contribution in [0.2, 0.25) is 0 Å². The van der Waals surface area contributed by atoms with E-state index in [4.69, 9.17) is 9.52 Å². The lowest BCUT2D eigenvalue weighted by Crippen LogP contribution is -2.10. The number of hydrogen-bond acceptors (Lipinski definition) is 3. The Morgan fingerprint density at radius 2 is 1.74 bits per heavy atom. The first-order valence-corrected chi connectivity index (χ1v) is 6.79. The normalized spacial score (nSPS) is 11.5. The van der Waals surface area contributed by atoms with Crippen molar-refractivity contribution < 1.29 is 14.3 Å². The molecule has 2 rings (SSSR count). The van der Waals surface area contributed by atoms with E-state index in [1.54, 1.807) is 6.07 Å². The number of benzene rings is 1. The van der Waals surface area contributed by atoms with Gasteiger partial charge in [-0.15, -0.1) is 0 Å². The number of hydrogen-bond donors (Lipinski definition) is 1. The van der Waals surface area contributed by atoms with Crippen LogP contribution in [0.15, 0.2) is 50.8 Å². The molecule has 0 aliphatic rings. The third-order valence-corrected chi connectivity index (χ3v) is 3.66. The largest absolute Gasteiger partial charge is 0.475 e. The molecule has 1 aromatic carbocycles. The van der Waals surface area contributed by atoms with Crippen LogP contribution in [0.25, 0.3) is 0 Å². The molecule has 2 aromatic rings. The van der Waals surface area contributed by atoms with Gasteiger partial charge in [-0.25, -0.2) is 4.79 Å². The molecule has 0 atom stereocenters. The smallest absolute Gasteiger partial charge is 0.371 e. The molecule has 1 N–H and O–H groups in total. The topological polar surface area (TPSA) is 50.4 Å². The summed E-state index contributed by atoms with van der Waals surface area (Å²) >= 11 is 1.42. The first-order chi connectivity index (χ1) is 8.86. The van der Waals surface area contributed by atoms with E-state index in [0.29, 0.717) is 5.09 Å². The zero-order valence-electron chi connectivity index (χ0n) is 11.1. The molecule has 0 spiro atoms. The molecule has 0 aliphatic carbocycles. The first-order valence-electron chi connectivity index (χ1n) is 5.98. The van der Waals surface area contributed by atoms with E-state index in [2.05, 4.69) is 32.9 Å². The van der Waals surface area contributed by atoms with Crippen molar-refractivity contribution in [3.63, 3.8) is 0 Å². The minimum Gasteiger partial charge on any atom is -0.475 e. The number of aromatic carboxylic acids is 1. The average molecular weight is 276 g/mol. The van der Waals surface area contributed by atoms with Crippen LogP contribution in [-0.4, -0.2) is 11.1 Å². The van der Waals surface area contributed by atoms with Crippen molar-refractivity contribution in [2.24, 2.45) is 0 Å². The Balaban J connectivity index is 2.13. The van der Waals surface area contributed by atoms with E-state index in [1.807, 2.05) is 12.1 Å². The van der Waals surface area contributed by atoms with Crippen LogP contribution in [0.3, 0.4) is 0 Å². The Bertz CT molecular complexity index is 576. The summed E-state index contributed by atoms with van der Waals surface area (Å²) in [6.07, 6.45) is 0. The van der Waals surface area contributed by atoms with Gasteiger partial charge in [0.15, 0.2) is 5.09 Å². The van der Waals surface area contributed by atoms with Crippen LogP contribution < -0.4 is 0 Å². The van der Waals surface area contributed by atoms with E-state index >= 15 is 0 Å². The molecule has 4 heteroatoms. The molecule has 1 heterocycles. The summed E-state index contributed by atoms with van der Waals surface area (Å²) in [5.41, 5.74) is 1.40. The van der Waals surface area contributed by atoms with Crippen LogP contribution in [0.1, 0.15) is 36.9 Å². The lowest BCUT2D eigenvalue weighted by Gasteiger charge is -2.18. The van der Waals surface area contributed by atoms with Gasteiger partial charge in [-0.1, -0.05) is 44.7 Å². The standard InChI is InChI=1S/C15H16O3S/c1-15(2,3)10-4-6-11(7-5-10)19-13-9-8-12(18-13)14(16)17/h4-9H,1-3H3,(H,16,17). The molecule has 0 aliphatic heterocycles. The summed E-state index contributed by atoms with van der Waals surface area (Å²) in [5.74, 6) is -1.08. The summed E-state index contributed by atoms with van der Waals surface area (Å²) in [5, 5.41) is 9.37. The number of carboxylic acid groups (broad SMARTS) is 1. The van der Waals surface area contributed by atoms with Crippen molar-refractivity contribution in [2.45, 2.75) is 36.2 Å². The third kappa shape index (κ3) is 3.41. The van der Waals surface area contributed by atoms with Crippen molar-refractivity contribution in [1.82, 2.24) is 0 Å². The number of furan rings is 1. The van der Waals surface area contributed by atoms with E-state index < -0.39 is 5.97 Å². The zero-order chi connectivity index (χ0) is 14.0. The van der Waals surface area contributed by atoms with Crippen molar-refractivity contribution in [3.8, 4) is 0 Å². The van der Waals surface area contributed by atoms with E-state index in [9.17, 15) is 4.79 Å². The molecular weight excluding hydrogens is 260 g/mol. The van der Waals surface area contributed by atoms with Gasteiger partial charge in [0.1, 0.15) is 0 Å². The highest BCUT2D eigenvalue weighted by atomic mass is 32.2. The van der Waals surface area contributed by atoms with Crippen LogP contribution >= 0.6 is 11.8 Å². The van der Waals surface area contributed by atoms with Gasteiger partial charge in [0.2, 0.25) is 5.76 Å². The molecule has 0 saturated carbocycles. The predicted octanol–water partition coefficient (Wildman–Crippen LogP) is 4.43. The maximum Gasteiger partial charge on any atom is 0.371 e.